The third-order valence-electron chi connectivity index (χ3n) is 3.02. The van der Waals surface area contributed by atoms with Gasteiger partial charge in [0.25, 0.3) is 0 Å². The number of ether oxygens (including phenoxy) is 1. The minimum atomic E-state index is -3.18. The van der Waals surface area contributed by atoms with Crippen LogP contribution in [0, 0.1) is 0 Å². The fourth-order valence-corrected chi connectivity index (χ4v) is 4.05. The summed E-state index contributed by atoms with van der Waals surface area (Å²) in [4.78, 5) is 0. The molecule has 1 aromatic carbocycles. The second kappa shape index (κ2) is 7.44. The predicted octanol–water partition coefficient (Wildman–Crippen LogP) is 3.30. The number of halogens is 2. The summed E-state index contributed by atoms with van der Waals surface area (Å²) in [6.45, 7) is 5.76. The Hall–Kier alpha value is -0.110. The van der Waals surface area contributed by atoms with Crippen molar-refractivity contribution < 1.29 is 13.2 Å². The topological polar surface area (TPSA) is 69.4 Å². The van der Waals surface area contributed by atoms with Crippen LogP contribution in [0.5, 0.6) is 5.75 Å². The van der Waals surface area contributed by atoms with Gasteiger partial charge >= 0.3 is 0 Å². The highest BCUT2D eigenvalue weighted by Crippen LogP contribution is 2.35. The van der Waals surface area contributed by atoms with Crippen LogP contribution in [-0.2, 0) is 16.3 Å². The van der Waals surface area contributed by atoms with E-state index in [0.717, 1.165) is 20.9 Å². The van der Waals surface area contributed by atoms with Crippen LogP contribution in [0.25, 0.3) is 0 Å². The molecule has 120 valence electrons. The number of hydrogen-bond donors (Lipinski definition) is 1. The molecule has 0 saturated carbocycles. The van der Waals surface area contributed by atoms with Gasteiger partial charge in [-0.3, -0.25) is 0 Å². The number of rotatable bonds is 6. The molecule has 0 bridgehead atoms. The van der Waals surface area contributed by atoms with Gasteiger partial charge in [0.05, 0.1) is 19.4 Å². The SMILES string of the molecule is CC(C)(C)S(=O)(=O)CCOc1c(Br)cc(CCN)cc1Br. The van der Waals surface area contributed by atoms with E-state index in [1.165, 1.54) is 0 Å². The lowest BCUT2D eigenvalue weighted by atomic mass is 10.1. The Morgan fingerprint density at radius 3 is 2.14 bits per heavy atom. The molecule has 1 rings (SSSR count). The fourth-order valence-electron chi connectivity index (χ4n) is 1.62. The van der Waals surface area contributed by atoms with Gasteiger partial charge in [0.2, 0.25) is 0 Å². The summed E-state index contributed by atoms with van der Waals surface area (Å²) in [6, 6.07) is 3.87. The van der Waals surface area contributed by atoms with Gasteiger partial charge in [0.15, 0.2) is 9.84 Å². The first-order valence-corrected chi connectivity index (χ1v) is 9.85. The smallest absolute Gasteiger partial charge is 0.158 e. The quantitative estimate of drug-likeness (QED) is 0.733. The van der Waals surface area contributed by atoms with Crippen LogP contribution in [0.2, 0.25) is 0 Å². The van der Waals surface area contributed by atoms with Crippen molar-refractivity contribution in [2.45, 2.75) is 31.9 Å². The van der Waals surface area contributed by atoms with E-state index in [0.29, 0.717) is 12.3 Å². The van der Waals surface area contributed by atoms with Crippen molar-refractivity contribution >= 4 is 41.7 Å². The van der Waals surface area contributed by atoms with Crippen LogP contribution in [0.1, 0.15) is 26.3 Å². The standard InChI is InChI=1S/C14H21Br2NO3S/c1-14(2,3)21(18,19)7-6-20-13-11(15)8-10(4-5-17)9-12(13)16/h8-9H,4-7,17H2,1-3H3. The Morgan fingerprint density at radius 2 is 1.71 bits per heavy atom. The summed E-state index contributed by atoms with van der Waals surface area (Å²) in [5, 5.41) is 0. The Kier molecular flexibility index (Phi) is 6.71. The van der Waals surface area contributed by atoms with E-state index in [1.807, 2.05) is 12.1 Å². The fraction of sp³-hybridized carbons (Fsp3) is 0.571. The molecule has 0 aromatic heterocycles. The predicted molar refractivity (Wildman–Crippen MR) is 93.6 cm³/mol. The first-order chi connectivity index (χ1) is 9.58. The molecule has 0 amide bonds. The number of hydrogen-bond acceptors (Lipinski definition) is 4. The van der Waals surface area contributed by atoms with Crippen molar-refractivity contribution in [1.29, 1.82) is 0 Å². The molecule has 0 unspecified atom stereocenters. The lowest BCUT2D eigenvalue weighted by molar-refractivity contribution is 0.335. The molecule has 0 radical (unpaired) electrons. The van der Waals surface area contributed by atoms with Crippen LogP contribution in [0.4, 0.5) is 0 Å². The van der Waals surface area contributed by atoms with Gasteiger partial charge < -0.3 is 10.5 Å². The Morgan fingerprint density at radius 1 is 1.19 bits per heavy atom. The lowest BCUT2D eigenvalue weighted by Gasteiger charge is -2.19. The second-order valence-corrected chi connectivity index (χ2v) is 10.3. The zero-order valence-electron chi connectivity index (χ0n) is 12.4. The van der Waals surface area contributed by atoms with Crippen molar-refractivity contribution in [2.75, 3.05) is 18.9 Å². The largest absolute Gasteiger partial charge is 0.490 e. The van der Waals surface area contributed by atoms with Crippen molar-refractivity contribution in [3.05, 3.63) is 26.6 Å². The normalized spacial score (nSPS) is 12.5. The molecule has 0 aliphatic heterocycles. The van der Waals surface area contributed by atoms with Crippen molar-refractivity contribution in [3.8, 4) is 5.75 Å². The number of nitrogens with two attached hydrogens (primary N) is 1. The maximum Gasteiger partial charge on any atom is 0.158 e. The molecule has 1 aromatic rings. The molecule has 0 aliphatic carbocycles. The first-order valence-electron chi connectivity index (χ1n) is 6.61. The van der Waals surface area contributed by atoms with Crippen LogP contribution in [0.3, 0.4) is 0 Å². The molecule has 21 heavy (non-hydrogen) atoms. The summed E-state index contributed by atoms with van der Waals surface area (Å²) in [5.74, 6) is 0.597. The highest BCUT2D eigenvalue weighted by molar-refractivity contribution is 9.11. The van der Waals surface area contributed by atoms with Crippen LogP contribution in [0.15, 0.2) is 21.1 Å². The van der Waals surface area contributed by atoms with Crippen molar-refractivity contribution in [1.82, 2.24) is 0 Å². The molecule has 7 heteroatoms. The summed E-state index contributed by atoms with van der Waals surface area (Å²) < 4.78 is 30.5. The Bertz CT molecular complexity index is 572. The Balaban J connectivity index is 2.77. The van der Waals surface area contributed by atoms with E-state index in [4.69, 9.17) is 10.5 Å². The Labute approximate surface area is 143 Å². The van der Waals surface area contributed by atoms with Crippen molar-refractivity contribution in [3.63, 3.8) is 0 Å². The average molecular weight is 443 g/mol. The minimum absolute atomic E-state index is 0.0140. The summed E-state index contributed by atoms with van der Waals surface area (Å²) in [7, 11) is -3.18. The molecular formula is C14H21Br2NO3S. The van der Waals surface area contributed by atoms with Gasteiger partial charge in [-0.05, 0) is 83.3 Å². The molecule has 2 N–H and O–H groups in total. The third-order valence-corrected chi connectivity index (χ3v) is 6.77. The minimum Gasteiger partial charge on any atom is -0.490 e. The van der Waals surface area contributed by atoms with E-state index in [2.05, 4.69) is 31.9 Å². The van der Waals surface area contributed by atoms with Gasteiger partial charge in [0, 0.05) is 0 Å². The highest BCUT2D eigenvalue weighted by atomic mass is 79.9. The first kappa shape index (κ1) is 18.9. The summed E-state index contributed by atoms with van der Waals surface area (Å²) in [5.41, 5.74) is 6.63. The van der Waals surface area contributed by atoms with E-state index < -0.39 is 14.6 Å². The van der Waals surface area contributed by atoms with E-state index in [-0.39, 0.29) is 12.4 Å². The monoisotopic (exact) mass is 441 g/mol. The van der Waals surface area contributed by atoms with E-state index in [1.54, 1.807) is 20.8 Å². The number of benzene rings is 1. The number of sulfone groups is 1. The molecule has 0 saturated heterocycles. The van der Waals surface area contributed by atoms with Gasteiger partial charge in [-0.1, -0.05) is 0 Å². The lowest BCUT2D eigenvalue weighted by Crippen LogP contribution is -2.32. The third kappa shape index (κ3) is 5.23. The molecule has 4 nitrogen and oxygen atoms in total. The maximum absolute atomic E-state index is 12.0. The van der Waals surface area contributed by atoms with Crippen molar-refractivity contribution in [2.24, 2.45) is 5.73 Å². The second-order valence-electron chi connectivity index (χ2n) is 5.71. The average Bonchev–Trinajstić information content (AvgIpc) is 2.31. The molecule has 0 heterocycles. The zero-order chi connectivity index (χ0) is 16.3. The van der Waals surface area contributed by atoms with E-state index >= 15 is 0 Å². The van der Waals surface area contributed by atoms with Gasteiger partial charge in [0.1, 0.15) is 12.4 Å². The van der Waals surface area contributed by atoms with E-state index in [9.17, 15) is 8.42 Å². The van der Waals surface area contributed by atoms with Crippen LogP contribution in [-0.4, -0.2) is 32.1 Å². The molecular weight excluding hydrogens is 422 g/mol. The van der Waals surface area contributed by atoms with Gasteiger partial charge in [-0.2, -0.15) is 0 Å². The molecule has 0 spiro atoms. The maximum atomic E-state index is 12.0. The highest BCUT2D eigenvalue weighted by Gasteiger charge is 2.28. The summed E-state index contributed by atoms with van der Waals surface area (Å²) in [6.07, 6.45) is 0.774. The van der Waals surface area contributed by atoms with Gasteiger partial charge in [-0.15, -0.1) is 0 Å². The van der Waals surface area contributed by atoms with Crippen LogP contribution >= 0.6 is 31.9 Å². The molecule has 0 fully saturated rings. The van der Waals surface area contributed by atoms with Crippen LogP contribution < -0.4 is 10.5 Å². The molecule has 0 atom stereocenters. The molecule has 0 aliphatic rings. The zero-order valence-corrected chi connectivity index (χ0v) is 16.4. The summed E-state index contributed by atoms with van der Waals surface area (Å²) >= 11 is 6.89. The van der Waals surface area contributed by atoms with Gasteiger partial charge in [-0.25, -0.2) is 8.42 Å².